The van der Waals surface area contributed by atoms with Gasteiger partial charge in [-0.3, -0.25) is 4.79 Å². The minimum absolute atomic E-state index is 0.0889. The molecule has 0 amide bonds. The zero-order chi connectivity index (χ0) is 20.0. The Hall–Kier alpha value is -2.09. The zero-order valence-corrected chi connectivity index (χ0v) is 17.4. The largest absolute Gasteiger partial charge is 0.481 e. The van der Waals surface area contributed by atoms with Crippen LogP contribution >= 0.6 is 0 Å². The van der Waals surface area contributed by atoms with Crippen molar-refractivity contribution in [3.63, 3.8) is 0 Å². The molecule has 0 aliphatic carbocycles. The molecule has 28 heavy (non-hydrogen) atoms. The molecule has 2 aromatic rings. The third-order valence-corrected chi connectivity index (χ3v) is 5.66. The predicted octanol–water partition coefficient (Wildman–Crippen LogP) is 7.44. The molecular weight excluding hydrogens is 344 g/mol. The molecule has 0 saturated carbocycles. The number of unbranched alkanes of at least 4 members (excludes halogenated alkanes) is 8. The zero-order valence-electron chi connectivity index (χ0n) is 17.4. The molecule has 0 aliphatic rings. The molecule has 152 valence electrons. The van der Waals surface area contributed by atoms with Gasteiger partial charge in [-0.15, -0.1) is 0 Å². The van der Waals surface area contributed by atoms with E-state index in [4.69, 9.17) is 0 Å². The molecule has 0 aromatic heterocycles. The molecule has 0 radical (unpaired) electrons. The lowest BCUT2D eigenvalue weighted by Crippen LogP contribution is -2.23. The second-order valence-electron chi connectivity index (χ2n) is 7.86. The summed E-state index contributed by atoms with van der Waals surface area (Å²) in [5.41, 5.74) is 2.19. The van der Waals surface area contributed by atoms with E-state index in [-0.39, 0.29) is 11.8 Å². The fourth-order valence-corrected chi connectivity index (χ4v) is 4.09. The van der Waals surface area contributed by atoms with Crippen LogP contribution in [-0.2, 0) is 4.79 Å². The second-order valence-corrected chi connectivity index (χ2v) is 7.86. The van der Waals surface area contributed by atoms with E-state index in [2.05, 4.69) is 31.2 Å². The quantitative estimate of drug-likeness (QED) is 0.346. The van der Waals surface area contributed by atoms with Gasteiger partial charge in [0, 0.05) is 5.92 Å². The van der Waals surface area contributed by atoms with Crippen molar-refractivity contribution in [2.75, 3.05) is 0 Å². The number of hydrogen-bond donors (Lipinski definition) is 1. The van der Waals surface area contributed by atoms with Gasteiger partial charge in [-0.05, 0) is 17.5 Å². The first kappa shape index (κ1) is 22.2. The highest BCUT2D eigenvalue weighted by atomic mass is 16.4. The molecular formula is C26H36O2. The standard InChI is InChI=1S/C26H36O2/c1-2-3-4-5-6-7-8-9-16-21-24(26(27)28)25(22-17-12-10-13-18-22)23-19-14-11-15-20-23/h10-15,17-20,24-25H,2-9,16,21H2,1H3,(H,27,28). The van der Waals surface area contributed by atoms with Crippen LogP contribution in [-0.4, -0.2) is 11.1 Å². The van der Waals surface area contributed by atoms with Gasteiger partial charge < -0.3 is 5.11 Å². The molecule has 2 nitrogen and oxygen atoms in total. The number of benzene rings is 2. The van der Waals surface area contributed by atoms with Crippen LogP contribution < -0.4 is 0 Å². The fourth-order valence-electron chi connectivity index (χ4n) is 4.09. The van der Waals surface area contributed by atoms with E-state index >= 15 is 0 Å². The van der Waals surface area contributed by atoms with Crippen molar-refractivity contribution >= 4 is 5.97 Å². The number of rotatable bonds is 14. The van der Waals surface area contributed by atoms with Crippen molar-refractivity contribution in [1.29, 1.82) is 0 Å². The molecule has 0 spiro atoms. The van der Waals surface area contributed by atoms with E-state index in [0.29, 0.717) is 0 Å². The smallest absolute Gasteiger partial charge is 0.307 e. The molecule has 0 fully saturated rings. The Labute approximate surface area is 171 Å². The highest BCUT2D eigenvalue weighted by Crippen LogP contribution is 2.35. The van der Waals surface area contributed by atoms with Gasteiger partial charge >= 0.3 is 5.97 Å². The van der Waals surface area contributed by atoms with Crippen LogP contribution in [0.2, 0.25) is 0 Å². The topological polar surface area (TPSA) is 37.3 Å². The third-order valence-electron chi connectivity index (χ3n) is 5.66. The summed E-state index contributed by atoms with van der Waals surface area (Å²) in [6.45, 7) is 2.25. The molecule has 0 aliphatic heterocycles. The molecule has 0 bridgehead atoms. The Morgan fingerprint density at radius 2 is 1.14 bits per heavy atom. The van der Waals surface area contributed by atoms with Crippen LogP contribution in [0, 0.1) is 5.92 Å². The minimum atomic E-state index is -0.683. The van der Waals surface area contributed by atoms with Gasteiger partial charge in [0.2, 0.25) is 0 Å². The van der Waals surface area contributed by atoms with Gasteiger partial charge in [0.1, 0.15) is 0 Å². The van der Waals surface area contributed by atoms with Crippen LogP contribution in [0.25, 0.3) is 0 Å². The predicted molar refractivity (Wildman–Crippen MR) is 118 cm³/mol. The van der Waals surface area contributed by atoms with Crippen LogP contribution in [0.15, 0.2) is 60.7 Å². The van der Waals surface area contributed by atoms with Crippen molar-refractivity contribution in [3.8, 4) is 0 Å². The van der Waals surface area contributed by atoms with Crippen LogP contribution in [0.1, 0.15) is 88.2 Å². The van der Waals surface area contributed by atoms with Gasteiger partial charge in [-0.2, -0.15) is 0 Å². The summed E-state index contributed by atoms with van der Waals surface area (Å²) >= 11 is 0. The highest BCUT2D eigenvalue weighted by molar-refractivity contribution is 5.72. The van der Waals surface area contributed by atoms with Gasteiger partial charge in [0.05, 0.1) is 5.92 Å². The Morgan fingerprint density at radius 1 is 0.714 bits per heavy atom. The average Bonchev–Trinajstić information content (AvgIpc) is 2.73. The Balaban J connectivity index is 1.93. The van der Waals surface area contributed by atoms with E-state index in [1.807, 2.05) is 36.4 Å². The lowest BCUT2D eigenvalue weighted by Gasteiger charge is -2.25. The van der Waals surface area contributed by atoms with Crippen LogP contribution in [0.4, 0.5) is 0 Å². The van der Waals surface area contributed by atoms with E-state index < -0.39 is 5.97 Å². The van der Waals surface area contributed by atoms with Gasteiger partial charge in [-0.1, -0.05) is 125 Å². The Kier molecular flexibility index (Phi) is 10.4. The summed E-state index contributed by atoms with van der Waals surface area (Å²) < 4.78 is 0. The van der Waals surface area contributed by atoms with Crippen LogP contribution in [0.3, 0.4) is 0 Å². The lowest BCUT2D eigenvalue weighted by molar-refractivity contribution is -0.142. The summed E-state index contributed by atoms with van der Waals surface area (Å²) in [5, 5.41) is 9.99. The molecule has 2 aromatic carbocycles. The Morgan fingerprint density at radius 3 is 1.57 bits per heavy atom. The maximum atomic E-state index is 12.2. The highest BCUT2D eigenvalue weighted by Gasteiger charge is 2.30. The molecule has 1 unspecified atom stereocenters. The lowest BCUT2D eigenvalue weighted by atomic mass is 9.78. The number of carboxylic acids is 1. The van der Waals surface area contributed by atoms with E-state index in [1.165, 1.54) is 44.9 Å². The van der Waals surface area contributed by atoms with Crippen molar-refractivity contribution in [2.45, 2.75) is 77.0 Å². The van der Waals surface area contributed by atoms with Crippen molar-refractivity contribution in [2.24, 2.45) is 5.92 Å². The maximum Gasteiger partial charge on any atom is 0.307 e. The minimum Gasteiger partial charge on any atom is -0.481 e. The van der Waals surface area contributed by atoms with Gasteiger partial charge in [-0.25, -0.2) is 0 Å². The maximum absolute atomic E-state index is 12.2. The third kappa shape index (κ3) is 7.50. The summed E-state index contributed by atoms with van der Waals surface area (Å²) in [6.07, 6.45) is 12.0. The molecule has 0 saturated heterocycles. The van der Waals surface area contributed by atoms with E-state index in [9.17, 15) is 9.90 Å². The SMILES string of the molecule is CCCCCCCCCCCC(C(=O)O)C(c1ccccc1)c1ccccc1. The van der Waals surface area contributed by atoms with Gasteiger partial charge in [0.15, 0.2) is 0 Å². The van der Waals surface area contributed by atoms with E-state index in [1.54, 1.807) is 0 Å². The summed E-state index contributed by atoms with van der Waals surface area (Å²) in [7, 11) is 0. The average molecular weight is 381 g/mol. The van der Waals surface area contributed by atoms with Crippen LogP contribution in [0.5, 0.6) is 0 Å². The second kappa shape index (κ2) is 13.1. The van der Waals surface area contributed by atoms with E-state index in [0.717, 1.165) is 30.4 Å². The summed E-state index contributed by atoms with van der Waals surface area (Å²) in [5.74, 6) is -1.15. The molecule has 2 rings (SSSR count). The Bertz CT molecular complexity index is 611. The number of carboxylic acid groups (broad SMARTS) is 1. The molecule has 2 heteroatoms. The fraction of sp³-hybridized carbons (Fsp3) is 0.500. The first-order valence-electron chi connectivity index (χ1n) is 11.1. The molecule has 0 heterocycles. The van der Waals surface area contributed by atoms with Crippen molar-refractivity contribution in [1.82, 2.24) is 0 Å². The number of hydrogen-bond acceptors (Lipinski definition) is 1. The first-order valence-corrected chi connectivity index (χ1v) is 11.1. The van der Waals surface area contributed by atoms with Crippen molar-refractivity contribution < 1.29 is 9.90 Å². The monoisotopic (exact) mass is 380 g/mol. The summed E-state index contributed by atoms with van der Waals surface area (Å²) in [6, 6.07) is 20.2. The normalized spacial score (nSPS) is 12.2. The summed E-state index contributed by atoms with van der Waals surface area (Å²) in [4.78, 5) is 12.2. The molecule has 1 N–H and O–H groups in total. The number of carbonyl (C=O) groups is 1. The number of aliphatic carboxylic acids is 1. The first-order chi connectivity index (χ1) is 13.7. The van der Waals surface area contributed by atoms with Crippen molar-refractivity contribution in [3.05, 3.63) is 71.8 Å². The van der Waals surface area contributed by atoms with Gasteiger partial charge in [0.25, 0.3) is 0 Å². The molecule has 1 atom stereocenters.